The van der Waals surface area contributed by atoms with Crippen LogP contribution in [0.2, 0.25) is 0 Å². The van der Waals surface area contributed by atoms with E-state index in [9.17, 15) is 9.59 Å². The van der Waals surface area contributed by atoms with Crippen LogP contribution < -0.4 is 5.32 Å². The van der Waals surface area contributed by atoms with Gasteiger partial charge in [0.05, 0.1) is 0 Å². The van der Waals surface area contributed by atoms with E-state index in [-0.39, 0.29) is 23.3 Å². The number of hydrogen-bond donors (Lipinski definition) is 1. The quantitative estimate of drug-likeness (QED) is 0.788. The number of likely N-dealkylation sites (N-methyl/N-ethyl adjacent to an activating group) is 1. The number of carbonyl (C=O) groups excluding carboxylic acids is 2. The number of carbonyl (C=O) groups is 2. The van der Waals surface area contributed by atoms with Crippen molar-refractivity contribution in [3.05, 3.63) is 0 Å². The number of nitrogens with zero attached hydrogens (tertiary/aromatic N) is 1. The normalized spacial score (nSPS) is 25.1. The molecule has 1 spiro atoms. The van der Waals surface area contributed by atoms with Gasteiger partial charge in [0, 0.05) is 20.0 Å². The van der Waals surface area contributed by atoms with Gasteiger partial charge >= 0.3 is 0 Å². The minimum absolute atomic E-state index is 0.0637. The minimum Gasteiger partial charge on any atom is -0.357 e. The first-order valence-electron chi connectivity index (χ1n) is 6.59. The third-order valence-electron chi connectivity index (χ3n) is 4.36. The molecule has 17 heavy (non-hydrogen) atoms. The smallest absolute Gasteiger partial charge is 0.242 e. The van der Waals surface area contributed by atoms with Gasteiger partial charge in [0.2, 0.25) is 11.8 Å². The van der Waals surface area contributed by atoms with Crippen LogP contribution in [0.5, 0.6) is 0 Å². The fourth-order valence-electron chi connectivity index (χ4n) is 3.27. The molecule has 0 aromatic rings. The Hall–Kier alpha value is -1.06. The van der Waals surface area contributed by atoms with Crippen molar-refractivity contribution in [2.75, 3.05) is 13.6 Å². The Morgan fingerprint density at radius 3 is 2.59 bits per heavy atom. The van der Waals surface area contributed by atoms with E-state index >= 15 is 0 Å². The number of amides is 2. The summed E-state index contributed by atoms with van der Waals surface area (Å²) >= 11 is 0. The summed E-state index contributed by atoms with van der Waals surface area (Å²) in [6.07, 6.45) is 6.70. The topological polar surface area (TPSA) is 49.4 Å². The highest BCUT2D eigenvalue weighted by molar-refractivity contribution is 5.88. The second-order valence-corrected chi connectivity index (χ2v) is 5.55. The van der Waals surface area contributed by atoms with Gasteiger partial charge in [-0.3, -0.25) is 9.59 Å². The van der Waals surface area contributed by atoms with Crippen LogP contribution in [0.1, 0.15) is 45.4 Å². The van der Waals surface area contributed by atoms with E-state index in [4.69, 9.17) is 0 Å². The van der Waals surface area contributed by atoms with Crippen LogP contribution in [0.25, 0.3) is 0 Å². The molecule has 96 valence electrons. The first kappa shape index (κ1) is 12.4. The molecular formula is C13H22N2O2. The summed E-state index contributed by atoms with van der Waals surface area (Å²) in [4.78, 5) is 25.4. The SMILES string of the molecule is CNC(=O)C(C)N1CC2(CCCCC2)CC1=O. The molecule has 1 atom stereocenters. The molecule has 1 saturated heterocycles. The summed E-state index contributed by atoms with van der Waals surface area (Å²) in [5, 5.41) is 2.62. The Morgan fingerprint density at radius 1 is 1.35 bits per heavy atom. The zero-order valence-corrected chi connectivity index (χ0v) is 10.8. The summed E-state index contributed by atoms with van der Waals surface area (Å²) < 4.78 is 0. The number of nitrogens with one attached hydrogen (secondary N) is 1. The van der Waals surface area contributed by atoms with Crippen molar-refractivity contribution in [3.8, 4) is 0 Å². The lowest BCUT2D eigenvalue weighted by Gasteiger charge is -2.33. The van der Waals surface area contributed by atoms with Gasteiger partial charge in [-0.2, -0.15) is 0 Å². The molecular weight excluding hydrogens is 216 g/mol. The summed E-state index contributed by atoms with van der Waals surface area (Å²) in [5.74, 6) is 0.0919. The van der Waals surface area contributed by atoms with E-state index in [1.165, 1.54) is 19.3 Å². The maximum atomic E-state index is 12.1. The van der Waals surface area contributed by atoms with E-state index in [0.717, 1.165) is 19.4 Å². The zero-order chi connectivity index (χ0) is 12.5. The molecule has 1 heterocycles. The minimum atomic E-state index is -0.325. The van der Waals surface area contributed by atoms with Gasteiger partial charge in [0.25, 0.3) is 0 Å². The fraction of sp³-hybridized carbons (Fsp3) is 0.846. The lowest BCUT2D eigenvalue weighted by molar-refractivity contribution is -0.136. The van der Waals surface area contributed by atoms with Crippen LogP contribution in [0.4, 0.5) is 0 Å². The molecule has 2 fully saturated rings. The van der Waals surface area contributed by atoms with Gasteiger partial charge in [-0.15, -0.1) is 0 Å². The third-order valence-corrected chi connectivity index (χ3v) is 4.36. The number of rotatable bonds is 2. The fourth-order valence-corrected chi connectivity index (χ4v) is 3.27. The first-order chi connectivity index (χ1) is 8.08. The van der Waals surface area contributed by atoms with Crippen LogP contribution >= 0.6 is 0 Å². The Bertz CT molecular complexity index is 321. The highest BCUT2D eigenvalue weighted by Gasteiger charge is 2.45. The van der Waals surface area contributed by atoms with Crippen molar-refractivity contribution in [2.24, 2.45) is 5.41 Å². The summed E-state index contributed by atoms with van der Waals surface area (Å²) in [7, 11) is 1.62. The molecule has 0 radical (unpaired) electrons. The van der Waals surface area contributed by atoms with E-state index in [1.807, 2.05) is 6.92 Å². The van der Waals surface area contributed by atoms with Crippen molar-refractivity contribution in [1.29, 1.82) is 0 Å². The van der Waals surface area contributed by atoms with Crippen molar-refractivity contribution in [2.45, 2.75) is 51.5 Å². The molecule has 0 aromatic heterocycles. The molecule has 4 heteroatoms. The predicted octanol–water partition coefficient (Wildman–Crippen LogP) is 1.30. The maximum Gasteiger partial charge on any atom is 0.242 e. The lowest BCUT2D eigenvalue weighted by atomic mass is 9.73. The van der Waals surface area contributed by atoms with Crippen LogP contribution in [-0.2, 0) is 9.59 Å². The van der Waals surface area contributed by atoms with Crippen molar-refractivity contribution < 1.29 is 9.59 Å². The standard InChI is InChI=1S/C13H22N2O2/c1-10(12(17)14-2)15-9-13(8-11(15)16)6-4-3-5-7-13/h10H,3-9H2,1-2H3,(H,14,17). The second kappa shape index (κ2) is 4.67. The van der Waals surface area contributed by atoms with Gasteiger partial charge < -0.3 is 10.2 Å². The molecule has 0 bridgehead atoms. The predicted molar refractivity (Wildman–Crippen MR) is 65.4 cm³/mol. The largest absolute Gasteiger partial charge is 0.357 e. The highest BCUT2D eigenvalue weighted by Crippen LogP contribution is 2.44. The van der Waals surface area contributed by atoms with Gasteiger partial charge in [-0.1, -0.05) is 19.3 Å². The Kier molecular flexibility index (Phi) is 3.40. The van der Waals surface area contributed by atoms with Crippen LogP contribution in [0.15, 0.2) is 0 Å². The molecule has 2 rings (SSSR count). The summed E-state index contributed by atoms with van der Waals surface area (Å²) in [6.45, 7) is 2.60. The van der Waals surface area contributed by atoms with E-state index in [0.29, 0.717) is 6.42 Å². The van der Waals surface area contributed by atoms with Gasteiger partial charge in [-0.05, 0) is 25.2 Å². The second-order valence-electron chi connectivity index (χ2n) is 5.55. The number of hydrogen-bond acceptors (Lipinski definition) is 2. The average Bonchev–Trinajstić information content (AvgIpc) is 2.65. The molecule has 1 saturated carbocycles. The van der Waals surface area contributed by atoms with Crippen molar-refractivity contribution in [1.82, 2.24) is 10.2 Å². The molecule has 0 aromatic carbocycles. The Morgan fingerprint density at radius 2 is 2.00 bits per heavy atom. The zero-order valence-electron chi connectivity index (χ0n) is 10.8. The molecule has 4 nitrogen and oxygen atoms in total. The highest BCUT2D eigenvalue weighted by atomic mass is 16.2. The molecule has 1 N–H and O–H groups in total. The third kappa shape index (κ3) is 2.31. The van der Waals surface area contributed by atoms with Crippen LogP contribution in [0.3, 0.4) is 0 Å². The van der Waals surface area contributed by atoms with Crippen LogP contribution in [0, 0.1) is 5.41 Å². The lowest BCUT2D eigenvalue weighted by Crippen LogP contribution is -2.45. The molecule has 2 aliphatic rings. The van der Waals surface area contributed by atoms with E-state index < -0.39 is 0 Å². The monoisotopic (exact) mass is 238 g/mol. The Labute approximate surface area is 103 Å². The van der Waals surface area contributed by atoms with Crippen molar-refractivity contribution in [3.63, 3.8) is 0 Å². The molecule has 1 aliphatic heterocycles. The van der Waals surface area contributed by atoms with E-state index in [2.05, 4.69) is 5.32 Å². The van der Waals surface area contributed by atoms with Crippen molar-refractivity contribution >= 4 is 11.8 Å². The van der Waals surface area contributed by atoms with Crippen LogP contribution in [-0.4, -0.2) is 36.3 Å². The molecule has 2 amide bonds. The summed E-state index contributed by atoms with van der Waals surface area (Å²) in [6, 6.07) is -0.325. The van der Waals surface area contributed by atoms with Gasteiger partial charge in [0.1, 0.15) is 6.04 Å². The molecule has 1 aliphatic carbocycles. The first-order valence-corrected chi connectivity index (χ1v) is 6.59. The maximum absolute atomic E-state index is 12.1. The average molecular weight is 238 g/mol. The summed E-state index contributed by atoms with van der Waals surface area (Å²) in [5.41, 5.74) is 0.178. The van der Waals surface area contributed by atoms with E-state index in [1.54, 1.807) is 11.9 Å². The van der Waals surface area contributed by atoms with Gasteiger partial charge in [-0.25, -0.2) is 0 Å². The molecule has 1 unspecified atom stereocenters. The number of likely N-dealkylation sites (tertiary alicyclic amines) is 1. The van der Waals surface area contributed by atoms with Gasteiger partial charge in [0.15, 0.2) is 0 Å². The Balaban J connectivity index is 2.06.